The summed E-state index contributed by atoms with van der Waals surface area (Å²) in [7, 11) is 0. The number of benzene rings is 1. The van der Waals surface area contributed by atoms with Crippen molar-refractivity contribution in [2.45, 2.75) is 20.0 Å². The molecule has 0 unspecified atom stereocenters. The SMILES string of the molecule is CC(=C1CC(=O)NC1=O)c1ccccc1OC(F)F. The van der Waals surface area contributed by atoms with E-state index in [1.807, 2.05) is 0 Å². The second kappa shape index (κ2) is 5.17. The first-order valence-corrected chi connectivity index (χ1v) is 5.57. The summed E-state index contributed by atoms with van der Waals surface area (Å²) in [6.45, 7) is -1.35. The molecule has 0 aromatic heterocycles. The zero-order valence-electron chi connectivity index (χ0n) is 10.1. The fourth-order valence-electron chi connectivity index (χ4n) is 1.93. The van der Waals surface area contributed by atoms with Gasteiger partial charge in [-0.25, -0.2) is 0 Å². The first-order valence-electron chi connectivity index (χ1n) is 5.57. The summed E-state index contributed by atoms with van der Waals surface area (Å²) in [6, 6.07) is 6.15. The van der Waals surface area contributed by atoms with Crippen LogP contribution in [-0.4, -0.2) is 18.4 Å². The maximum absolute atomic E-state index is 12.3. The maximum atomic E-state index is 12.3. The molecule has 1 fully saturated rings. The Labute approximate surface area is 108 Å². The first-order chi connectivity index (χ1) is 8.99. The molecular weight excluding hydrogens is 256 g/mol. The molecule has 1 aromatic carbocycles. The van der Waals surface area contributed by atoms with E-state index in [9.17, 15) is 18.4 Å². The van der Waals surface area contributed by atoms with Gasteiger partial charge in [-0.15, -0.1) is 0 Å². The number of carbonyl (C=O) groups excluding carboxylic acids is 2. The lowest BCUT2D eigenvalue weighted by molar-refractivity contribution is -0.124. The molecule has 0 radical (unpaired) electrons. The monoisotopic (exact) mass is 267 g/mol. The average molecular weight is 267 g/mol. The Morgan fingerprint density at radius 3 is 2.58 bits per heavy atom. The number of rotatable bonds is 3. The van der Waals surface area contributed by atoms with Crippen molar-refractivity contribution in [1.82, 2.24) is 5.32 Å². The van der Waals surface area contributed by atoms with Gasteiger partial charge in [0.2, 0.25) is 5.91 Å². The highest BCUT2D eigenvalue weighted by Gasteiger charge is 2.27. The fraction of sp³-hybridized carbons (Fsp3) is 0.231. The van der Waals surface area contributed by atoms with Crippen molar-refractivity contribution in [3.05, 3.63) is 35.4 Å². The lowest BCUT2D eigenvalue weighted by atomic mass is 9.99. The van der Waals surface area contributed by atoms with Crippen LogP contribution in [0.1, 0.15) is 18.9 Å². The van der Waals surface area contributed by atoms with Crippen LogP contribution in [0.4, 0.5) is 8.78 Å². The van der Waals surface area contributed by atoms with E-state index in [2.05, 4.69) is 10.1 Å². The number of allylic oxidation sites excluding steroid dienone is 1. The van der Waals surface area contributed by atoms with E-state index in [1.165, 1.54) is 6.07 Å². The van der Waals surface area contributed by atoms with Crippen LogP contribution in [0, 0.1) is 0 Å². The summed E-state index contributed by atoms with van der Waals surface area (Å²) < 4.78 is 29.0. The molecule has 2 amide bonds. The molecule has 1 heterocycles. The van der Waals surface area contributed by atoms with Crippen LogP contribution >= 0.6 is 0 Å². The zero-order chi connectivity index (χ0) is 14.0. The van der Waals surface area contributed by atoms with E-state index in [0.717, 1.165) is 0 Å². The van der Waals surface area contributed by atoms with E-state index in [4.69, 9.17) is 0 Å². The molecule has 0 saturated carbocycles. The molecule has 100 valence electrons. The molecule has 6 heteroatoms. The first kappa shape index (κ1) is 13.2. The van der Waals surface area contributed by atoms with Gasteiger partial charge in [0, 0.05) is 11.1 Å². The van der Waals surface area contributed by atoms with Gasteiger partial charge in [0.25, 0.3) is 5.91 Å². The van der Waals surface area contributed by atoms with Crippen molar-refractivity contribution < 1.29 is 23.1 Å². The summed E-state index contributed by atoms with van der Waals surface area (Å²) >= 11 is 0. The number of alkyl halides is 2. The van der Waals surface area contributed by atoms with Crippen LogP contribution in [0.5, 0.6) is 5.75 Å². The average Bonchev–Trinajstić information content (AvgIpc) is 2.67. The molecule has 0 aliphatic carbocycles. The Morgan fingerprint density at radius 2 is 2.00 bits per heavy atom. The van der Waals surface area contributed by atoms with Gasteiger partial charge in [-0.3, -0.25) is 14.9 Å². The Morgan fingerprint density at radius 1 is 1.32 bits per heavy atom. The Hall–Kier alpha value is -2.24. The molecule has 1 aromatic rings. The second-order valence-electron chi connectivity index (χ2n) is 4.03. The van der Waals surface area contributed by atoms with Crippen LogP contribution in [0.2, 0.25) is 0 Å². The number of para-hydroxylation sites is 1. The number of carbonyl (C=O) groups is 2. The van der Waals surface area contributed by atoms with Gasteiger partial charge in [-0.05, 0) is 18.6 Å². The number of amides is 2. The van der Waals surface area contributed by atoms with Gasteiger partial charge < -0.3 is 4.74 Å². The van der Waals surface area contributed by atoms with Crippen LogP contribution in [0.15, 0.2) is 29.8 Å². The minimum Gasteiger partial charge on any atom is -0.434 e. The number of imide groups is 1. The number of halogens is 2. The lowest BCUT2D eigenvalue weighted by Crippen LogP contribution is -2.19. The molecule has 4 nitrogen and oxygen atoms in total. The molecule has 0 atom stereocenters. The lowest BCUT2D eigenvalue weighted by Gasteiger charge is -2.11. The predicted octanol–water partition coefficient (Wildman–Crippen LogP) is 2.11. The van der Waals surface area contributed by atoms with Crippen molar-refractivity contribution in [3.8, 4) is 5.75 Å². The molecular formula is C13H11F2NO3. The Bertz CT molecular complexity index is 567. The molecule has 1 aliphatic rings. The zero-order valence-corrected chi connectivity index (χ0v) is 10.1. The summed E-state index contributed by atoms with van der Waals surface area (Å²) in [5, 5.41) is 2.15. The number of nitrogens with one attached hydrogen (secondary N) is 1. The largest absolute Gasteiger partial charge is 0.434 e. The van der Waals surface area contributed by atoms with Gasteiger partial charge in [-0.1, -0.05) is 18.2 Å². The Balaban J connectivity index is 2.44. The van der Waals surface area contributed by atoms with Crippen molar-refractivity contribution in [2.24, 2.45) is 0 Å². The minimum atomic E-state index is -2.95. The molecule has 0 spiro atoms. The Kier molecular flexibility index (Phi) is 3.59. The van der Waals surface area contributed by atoms with Crippen molar-refractivity contribution >= 4 is 17.4 Å². The molecule has 2 rings (SSSR count). The van der Waals surface area contributed by atoms with Gasteiger partial charge in [-0.2, -0.15) is 8.78 Å². The normalized spacial score (nSPS) is 17.7. The molecule has 19 heavy (non-hydrogen) atoms. The molecule has 1 saturated heterocycles. The summed E-state index contributed by atoms with van der Waals surface area (Å²) in [5.74, 6) is -0.907. The van der Waals surface area contributed by atoms with Crippen LogP contribution in [-0.2, 0) is 9.59 Å². The number of hydrogen-bond donors (Lipinski definition) is 1. The van der Waals surface area contributed by atoms with Gasteiger partial charge in [0.15, 0.2) is 0 Å². The molecule has 1 N–H and O–H groups in total. The van der Waals surface area contributed by atoms with E-state index >= 15 is 0 Å². The molecule has 1 aliphatic heterocycles. The van der Waals surface area contributed by atoms with Crippen LogP contribution < -0.4 is 10.1 Å². The number of ether oxygens (including phenoxy) is 1. The highest BCUT2D eigenvalue weighted by molar-refractivity contribution is 6.17. The van der Waals surface area contributed by atoms with Gasteiger partial charge in [0.1, 0.15) is 5.75 Å². The summed E-state index contributed by atoms with van der Waals surface area (Å²) in [6.07, 6.45) is -0.0479. The standard InChI is InChI=1S/C13H11F2NO3/c1-7(9-6-11(17)16-12(9)18)8-4-2-3-5-10(8)19-13(14)15/h2-5,13H,6H2,1H3,(H,16,17,18). The van der Waals surface area contributed by atoms with Crippen molar-refractivity contribution in [2.75, 3.05) is 0 Å². The van der Waals surface area contributed by atoms with Crippen molar-refractivity contribution in [1.29, 1.82) is 0 Å². The smallest absolute Gasteiger partial charge is 0.387 e. The topological polar surface area (TPSA) is 55.4 Å². The van der Waals surface area contributed by atoms with Gasteiger partial charge >= 0.3 is 6.61 Å². The third-order valence-electron chi connectivity index (χ3n) is 2.82. The predicted molar refractivity (Wildman–Crippen MR) is 63.4 cm³/mol. The highest BCUT2D eigenvalue weighted by Crippen LogP contribution is 2.31. The van der Waals surface area contributed by atoms with Gasteiger partial charge in [0.05, 0.1) is 6.42 Å². The van der Waals surface area contributed by atoms with E-state index < -0.39 is 18.4 Å². The van der Waals surface area contributed by atoms with Crippen molar-refractivity contribution in [3.63, 3.8) is 0 Å². The fourth-order valence-corrected chi connectivity index (χ4v) is 1.93. The van der Waals surface area contributed by atoms with Crippen LogP contribution in [0.25, 0.3) is 5.57 Å². The van der Waals surface area contributed by atoms with E-state index in [-0.39, 0.29) is 17.7 Å². The molecule has 0 bridgehead atoms. The quantitative estimate of drug-likeness (QED) is 0.674. The third-order valence-corrected chi connectivity index (χ3v) is 2.82. The summed E-state index contributed by atoms with van der Waals surface area (Å²) in [5.41, 5.74) is 1.11. The second-order valence-corrected chi connectivity index (χ2v) is 4.03. The minimum absolute atomic E-state index is 0.0188. The van der Waals surface area contributed by atoms with Crippen LogP contribution in [0.3, 0.4) is 0 Å². The highest BCUT2D eigenvalue weighted by atomic mass is 19.3. The maximum Gasteiger partial charge on any atom is 0.387 e. The summed E-state index contributed by atoms with van der Waals surface area (Å²) in [4.78, 5) is 22.7. The number of hydrogen-bond acceptors (Lipinski definition) is 3. The van der Waals surface area contributed by atoms with E-state index in [1.54, 1.807) is 25.1 Å². The van der Waals surface area contributed by atoms with E-state index in [0.29, 0.717) is 11.1 Å². The third kappa shape index (κ3) is 2.78.